The number of para-hydroxylation sites is 1. The molecule has 0 saturated heterocycles. The van der Waals surface area contributed by atoms with E-state index in [0.29, 0.717) is 24.3 Å². The van der Waals surface area contributed by atoms with Crippen molar-refractivity contribution in [3.63, 3.8) is 0 Å². The fourth-order valence-electron chi connectivity index (χ4n) is 3.10. The minimum absolute atomic E-state index is 0.0512. The number of benzene rings is 2. The average Bonchev–Trinajstić information content (AvgIpc) is 3.05. The van der Waals surface area contributed by atoms with E-state index in [4.69, 9.17) is 4.42 Å². The Morgan fingerprint density at radius 2 is 1.92 bits per heavy atom. The minimum atomic E-state index is -3.71. The van der Waals surface area contributed by atoms with Gasteiger partial charge in [-0.25, -0.2) is 13.1 Å². The maximum atomic E-state index is 12.7. The Kier molecular flexibility index (Phi) is 4.05. The normalized spacial score (nSPS) is 15.5. The molecule has 2 aromatic carbocycles. The third kappa shape index (κ3) is 3.11. The summed E-state index contributed by atoms with van der Waals surface area (Å²) in [5, 5.41) is 3.68. The number of anilines is 1. The highest BCUT2D eigenvalue weighted by molar-refractivity contribution is 7.89. The van der Waals surface area contributed by atoms with Crippen molar-refractivity contribution in [2.75, 3.05) is 5.32 Å². The molecule has 0 radical (unpaired) electrons. The van der Waals surface area contributed by atoms with Gasteiger partial charge >= 0.3 is 0 Å². The van der Waals surface area contributed by atoms with E-state index in [1.54, 1.807) is 19.1 Å². The number of carbonyl (C=O) groups is 1. The Hall–Kier alpha value is -2.64. The van der Waals surface area contributed by atoms with Gasteiger partial charge in [-0.1, -0.05) is 18.2 Å². The van der Waals surface area contributed by atoms with E-state index < -0.39 is 16.1 Å². The zero-order valence-corrected chi connectivity index (χ0v) is 15.0. The molecule has 1 aliphatic heterocycles. The number of sulfonamides is 1. The van der Waals surface area contributed by atoms with E-state index in [9.17, 15) is 13.2 Å². The van der Waals surface area contributed by atoms with Crippen LogP contribution in [0.1, 0.15) is 30.7 Å². The molecule has 0 bridgehead atoms. The second kappa shape index (κ2) is 6.26. The molecule has 0 spiro atoms. The van der Waals surface area contributed by atoms with E-state index in [1.165, 1.54) is 6.07 Å². The quantitative estimate of drug-likeness (QED) is 0.737. The number of hydrogen-bond acceptors (Lipinski definition) is 4. The highest BCUT2D eigenvalue weighted by Crippen LogP contribution is 2.28. The van der Waals surface area contributed by atoms with E-state index in [2.05, 4.69) is 10.0 Å². The number of furan rings is 1. The second-order valence-corrected chi connectivity index (χ2v) is 8.11. The topological polar surface area (TPSA) is 88.4 Å². The Balaban J connectivity index is 1.59. The van der Waals surface area contributed by atoms with Crippen molar-refractivity contribution in [1.29, 1.82) is 0 Å². The van der Waals surface area contributed by atoms with Gasteiger partial charge in [0.05, 0.1) is 10.9 Å². The van der Waals surface area contributed by atoms with E-state index in [1.807, 2.05) is 30.3 Å². The van der Waals surface area contributed by atoms with Gasteiger partial charge in [0.25, 0.3) is 0 Å². The standard InChI is InChI=1S/C19H18N2O4S/c1-12(18-11-14-4-2-3-5-17(14)25-18)21-26(23,24)15-7-8-16-13(10-15)6-9-19(22)20-16/h2-5,7-8,10-12,21H,6,9H2,1H3,(H,20,22)/t12-/m0/s1. The summed E-state index contributed by atoms with van der Waals surface area (Å²) < 4.78 is 33.9. The van der Waals surface area contributed by atoms with Gasteiger partial charge in [-0.3, -0.25) is 4.79 Å². The Morgan fingerprint density at radius 1 is 1.12 bits per heavy atom. The largest absolute Gasteiger partial charge is 0.459 e. The lowest BCUT2D eigenvalue weighted by Gasteiger charge is -2.18. The molecule has 0 fully saturated rings. The molecule has 134 valence electrons. The smallest absolute Gasteiger partial charge is 0.241 e. The molecule has 7 heteroatoms. The average molecular weight is 370 g/mol. The van der Waals surface area contributed by atoms with Crippen molar-refractivity contribution in [3.05, 3.63) is 59.9 Å². The second-order valence-electron chi connectivity index (χ2n) is 6.40. The predicted molar refractivity (Wildman–Crippen MR) is 98.3 cm³/mol. The van der Waals surface area contributed by atoms with Gasteiger partial charge in [0.15, 0.2) is 0 Å². The lowest BCUT2D eigenvalue weighted by Crippen LogP contribution is -2.27. The number of amides is 1. The van der Waals surface area contributed by atoms with Crippen LogP contribution in [0, 0.1) is 0 Å². The van der Waals surface area contributed by atoms with Crippen molar-refractivity contribution < 1.29 is 17.6 Å². The van der Waals surface area contributed by atoms with Crippen LogP contribution in [0.2, 0.25) is 0 Å². The third-order valence-electron chi connectivity index (χ3n) is 4.49. The summed E-state index contributed by atoms with van der Waals surface area (Å²) in [6.07, 6.45) is 0.892. The van der Waals surface area contributed by atoms with E-state index in [0.717, 1.165) is 16.5 Å². The Bertz CT molecular complexity index is 1070. The number of nitrogens with one attached hydrogen (secondary N) is 2. The first-order valence-corrected chi connectivity index (χ1v) is 9.84. The van der Waals surface area contributed by atoms with Crippen LogP contribution in [0.4, 0.5) is 5.69 Å². The molecule has 1 amide bonds. The first-order valence-electron chi connectivity index (χ1n) is 8.36. The fourth-order valence-corrected chi connectivity index (χ4v) is 4.36. The highest BCUT2D eigenvalue weighted by atomic mass is 32.2. The van der Waals surface area contributed by atoms with E-state index in [-0.39, 0.29) is 10.8 Å². The SMILES string of the molecule is C[C@H](NS(=O)(=O)c1ccc2c(c1)CCC(=O)N2)c1cc2ccccc2o1. The number of fused-ring (bicyclic) bond motifs is 2. The van der Waals surface area contributed by atoms with Gasteiger partial charge in [0, 0.05) is 17.5 Å². The molecule has 1 atom stereocenters. The van der Waals surface area contributed by atoms with Gasteiger partial charge in [-0.05, 0) is 49.2 Å². The van der Waals surface area contributed by atoms with Crippen molar-refractivity contribution in [3.8, 4) is 0 Å². The molecule has 4 rings (SSSR count). The van der Waals surface area contributed by atoms with E-state index >= 15 is 0 Å². The van der Waals surface area contributed by atoms with Gasteiger partial charge in [-0.15, -0.1) is 0 Å². The monoisotopic (exact) mass is 370 g/mol. The van der Waals surface area contributed by atoms with Crippen LogP contribution in [0.3, 0.4) is 0 Å². The summed E-state index contributed by atoms with van der Waals surface area (Å²) in [7, 11) is -3.71. The van der Waals surface area contributed by atoms with Gasteiger partial charge in [0.1, 0.15) is 11.3 Å². The molecular formula is C19H18N2O4S. The van der Waals surface area contributed by atoms with Crippen molar-refractivity contribution >= 4 is 32.6 Å². The molecule has 6 nitrogen and oxygen atoms in total. The number of aryl methyl sites for hydroxylation is 1. The molecule has 1 aliphatic rings. The van der Waals surface area contributed by atoms with Crippen LogP contribution in [0.15, 0.2) is 57.8 Å². The number of carbonyl (C=O) groups excluding carboxylic acids is 1. The maximum Gasteiger partial charge on any atom is 0.241 e. The van der Waals surface area contributed by atoms with Crippen molar-refractivity contribution in [1.82, 2.24) is 4.72 Å². The number of rotatable bonds is 4. The molecule has 0 unspecified atom stereocenters. The van der Waals surface area contributed by atoms with Crippen LogP contribution in [-0.2, 0) is 21.2 Å². The molecule has 26 heavy (non-hydrogen) atoms. The first-order chi connectivity index (χ1) is 12.4. The molecule has 0 aliphatic carbocycles. The van der Waals surface area contributed by atoms with Gasteiger partial charge in [-0.2, -0.15) is 0 Å². The van der Waals surface area contributed by atoms with Crippen LogP contribution in [0.25, 0.3) is 11.0 Å². The summed E-state index contributed by atoms with van der Waals surface area (Å²) >= 11 is 0. The Morgan fingerprint density at radius 3 is 2.73 bits per heavy atom. The van der Waals surface area contributed by atoms with Gasteiger partial charge in [0.2, 0.25) is 15.9 Å². The molecule has 1 aromatic heterocycles. The fraction of sp³-hybridized carbons (Fsp3) is 0.211. The van der Waals surface area contributed by atoms with Crippen LogP contribution >= 0.6 is 0 Å². The van der Waals surface area contributed by atoms with Crippen LogP contribution < -0.4 is 10.0 Å². The summed E-state index contributed by atoms with van der Waals surface area (Å²) in [6.45, 7) is 1.74. The lowest BCUT2D eigenvalue weighted by molar-refractivity contribution is -0.116. The van der Waals surface area contributed by atoms with Crippen molar-refractivity contribution in [2.24, 2.45) is 0 Å². The molecule has 2 N–H and O–H groups in total. The number of hydrogen-bond donors (Lipinski definition) is 2. The summed E-state index contributed by atoms with van der Waals surface area (Å²) in [5.74, 6) is 0.504. The predicted octanol–water partition coefficient (Wildman–Crippen LogP) is 3.36. The highest BCUT2D eigenvalue weighted by Gasteiger charge is 2.23. The lowest BCUT2D eigenvalue weighted by atomic mass is 10.0. The summed E-state index contributed by atoms with van der Waals surface area (Å²) in [4.78, 5) is 11.6. The van der Waals surface area contributed by atoms with Crippen LogP contribution in [0.5, 0.6) is 0 Å². The van der Waals surface area contributed by atoms with Gasteiger partial charge < -0.3 is 9.73 Å². The Labute approximate surface area is 151 Å². The van der Waals surface area contributed by atoms with Crippen LogP contribution in [-0.4, -0.2) is 14.3 Å². The third-order valence-corrected chi connectivity index (χ3v) is 6.02. The zero-order chi connectivity index (χ0) is 18.3. The minimum Gasteiger partial charge on any atom is -0.459 e. The zero-order valence-electron chi connectivity index (χ0n) is 14.2. The maximum absolute atomic E-state index is 12.7. The molecule has 2 heterocycles. The molecule has 3 aromatic rings. The van der Waals surface area contributed by atoms with Crippen molar-refractivity contribution in [2.45, 2.75) is 30.7 Å². The molecule has 0 saturated carbocycles. The first kappa shape index (κ1) is 16.8. The molecular weight excluding hydrogens is 352 g/mol. The summed E-state index contributed by atoms with van der Waals surface area (Å²) in [6, 6.07) is 13.6. The summed E-state index contributed by atoms with van der Waals surface area (Å²) in [5.41, 5.74) is 2.22.